The zero-order valence-electron chi connectivity index (χ0n) is 10.4. The molecule has 0 bridgehead atoms. The topological polar surface area (TPSA) is 3.24 Å². The van der Waals surface area contributed by atoms with Gasteiger partial charge in [0.25, 0.3) is 0 Å². The number of piperidine rings is 1. The lowest BCUT2D eigenvalue weighted by Crippen LogP contribution is -2.39. The molecule has 2 atom stereocenters. The third-order valence-electron chi connectivity index (χ3n) is 3.44. The number of rotatable bonds is 2. The van der Waals surface area contributed by atoms with E-state index in [0.29, 0.717) is 17.4 Å². The van der Waals surface area contributed by atoms with E-state index in [4.69, 9.17) is 11.6 Å². The minimum absolute atomic E-state index is 0.191. The number of alkyl halides is 1. The van der Waals surface area contributed by atoms with Gasteiger partial charge in [0.2, 0.25) is 0 Å². The largest absolute Gasteiger partial charge is 0.371 e. The molecule has 2 rings (SSSR count). The molecule has 0 saturated carbocycles. The van der Waals surface area contributed by atoms with Crippen molar-refractivity contribution in [1.29, 1.82) is 0 Å². The third kappa shape index (κ3) is 2.74. The van der Waals surface area contributed by atoms with Crippen molar-refractivity contribution in [3.05, 3.63) is 29.6 Å². The summed E-state index contributed by atoms with van der Waals surface area (Å²) in [7, 11) is 0. The van der Waals surface area contributed by atoms with E-state index >= 15 is 0 Å². The summed E-state index contributed by atoms with van der Waals surface area (Å²) in [6, 6.07) is 5.23. The van der Waals surface area contributed by atoms with Gasteiger partial charge in [-0.3, -0.25) is 0 Å². The highest BCUT2D eigenvalue weighted by molar-refractivity contribution is 6.17. The first-order chi connectivity index (χ1) is 8.11. The molecule has 0 radical (unpaired) electrons. The number of nitrogens with zero attached hydrogens (tertiary/aromatic N) is 1. The third-order valence-corrected chi connectivity index (χ3v) is 3.70. The molecule has 0 spiro atoms. The van der Waals surface area contributed by atoms with Crippen LogP contribution in [0.4, 0.5) is 10.1 Å². The van der Waals surface area contributed by atoms with Crippen molar-refractivity contribution in [2.75, 3.05) is 18.0 Å². The zero-order chi connectivity index (χ0) is 12.4. The summed E-state index contributed by atoms with van der Waals surface area (Å²) in [6.07, 6.45) is 1.25. The minimum atomic E-state index is -0.191. The van der Waals surface area contributed by atoms with Gasteiger partial charge in [0.05, 0.1) is 5.88 Å². The van der Waals surface area contributed by atoms with Crippen LogP contribution in [0.25, 0.3) is 0 Å². The fourth-order valence-electron chi connectivity index (χ4n) is 2.84. The second-order valence-corrected chi connectivity index (χ2v) is 5.49. The van der Waals surface area contributed by atoms with Crippen molar-refractivity contribution >= 4 is 17.3 Å². The second-order valence-electron chi connectivity index (χ2n) is 5.22. The van der Waals surface area contributed by atoms with Gasteiger partial charge in [-0.2, -0.15) is 0 Å². The molecule has 0 amide bonds. The Labute approximate surface area is 108 Å². The first kappa shape index (κ1) is 12.7. The Morgan fingerprint density at radius 1 is 1.29 bits per heavy atom. The summed E-state index contributed by atoms with van der Waals surface area (Å²) in [5.41, 5.74) is 1.61. The smallest absolute Gasteiger partial charge is 0.129 e. The fraction of sp³-hybridized carbons (Fsp3) is 0.571. The van der Waals surface area contributed by atoms with Gasteiger partial charge in [-0.05, 0) is 30.4 Å². The van der Waals surface area contributed by atoms with Crippen LogP contribution in [-0.2, 0) is 5.88 Å². The first-order valence-corrected chi connectivity index (χ1v) is 6.73. The molecule has 1 saturated heterocycles. The molecule has 2 unspecified atom stereocenters. The molecule has 1 heterocycles. The summed E-state index contributed by atoms with van der Waals surface area (Å²) in [6.45, 7) is 6.50. The summed E-state index contributed by atoms with van der Waals surface area (Å²) in [4.78, 5) is 2.28. The van der Waals surface area contributed by atoms with E-state index < -0.39 is 0 Å². The van der Waals surface area contributed by atoms with E-state index in [1.54, 1.807) is 6.07 Å². The van der Waals surface area contributed by atoms with Crippen LogP contribution in [0.15, 0.2) is 18.2 Å². The molecule has 1 aliphatic rings. The standard InChI is InChI=1S/C14H19ClFN/c1-10-6-11(2)9-17(8-10)14-5-3-4-13(16)12(14)7-15/h3-5,10-11H,6-9H2,1-2H3. The molecule has 0 aliphatic carbocycles. The molecule has 17 heavy (non-hydrogen) atoms. The maximum atomic E-state index is 13.7. The highest BCUT2D eigenvalue weighted by atomic mass is 35.5. The van der Waals surface area contributed by atoms with E-state index in [1.807, 2.05) is 6.07 Å². The highest BCUT2D eigenvalue weighted by Gasteiger charge is 2.24. The molecular weight excluding hydrogens is 237 g/mol. The van der Waals surface area contributed by atoms with Crippen molar-refractivity contribution in [2.45, 2.75) is 26.1 Å². The van der Waals surface area contributed by atoms with Crippen LogP contribution in [0.2, 0.25) is 0 Å². The first-order valence-electron chi connectivity index (χ1n) is 6.20. The Bertz CT molecular complexity index is 384. The molecule has 1 nitrogen and oxygen atoms in total. The van der Waals surface area contributed by atoms with E-state index in [2.05, 4.69) is 18.7 Å². The van der Waals surface area contributed by atoms with Gasteiger partial charge in [-0.15, -0.1) is 11.6 Å². The number of benzene rings is 1. The normalized spacial score (nSPS) is 25.1. The van der Waals surface area contributed by atoms with Crippen LogP contribution in [0.1, 0.15) is 25.8 Å². The Morgan fingerprint density at radius 3 is 2.53 bits per heavy atom. The van der Waals surface area contributed by atoms with Crippen molar-refractivity contribution in [3.8, 4) is 0 Å². The lowest BCUT2D eigenvalue weighted by atomic mass is 9.91. The van der Waals surface area contributed by atoms with Crippen LogP contribution in [0, 0.1) is 17.7 Å². The molecule has 0 aromatic heterocycles. The monoisotopic (exact) mass is 255 g/mol. The Balaban J connectivity index is 2.30. The predicted molar refractivity (Wildman–Crippen MR) is 71.1 cm³/mol. The van der Waals surface area contributed by atoms with Gasteiger partial charge in [0, 0.05) is 24.3 Å². The second kappa shape index (κ2) is 5.26. The van der Waals surface area contributed by atoms with Crippen LogP contribution >= 0.6 is 11.6 Å². The van der Waals surface area contributed by atoms with Crippen molar-refractivity contribution < 1.29 is 4.39 Å². The van der Waals surface area contributed by atoms with E-state index in [0.717, 1.165) is 18.8 Å². The van der Waals surface area contributed by atoms with E-state index in [1.165, 1.54) is 12.5 Å². The van der Waals surface area contributed by atoms with Crippen LogP contribution in [-0.4, -0.2) is 13.1 Å². The molecule has 1 aromatic rings. The van der Waals surface area contributed by atoms with Crippen LogP contribution in [0.3, 0.4) is 0 Å². The maximum absolute atomic E-state index is 13.7. The Kier molecular flexibility index (Phi) is 3.93. The summed E-state index contributed by atoms with van der Waals surface area (Å²) in [5, 5.41) is 0. The lowest BCUT2D eigenvalue weighted by molar-refractivity contribution is 0.356. The Hall–Kier alpha value is -0.760. The SMILES string of the molecule is CC1CC(C)CN(c2cccc(F)c2CCl)C1. The number of halogens is 2. The fourth-order valence-corrected chi connectivity index (χ4v) is 3.10. The molecule has 0 N–H and O–H groups in total. The molecule has 3 heteroatoms. The molecule has 1 aliphatic heterocycles. The van der Waals surface area contributed by atoms with Gasteiger partial charge < -0.3 is 4.90 Å². The maximum Gasteiger partial charge on any atom is 0.129 e. The number of anilines is 1. The highest BCUT2D eigenvalue weighted by Crippen LogP contribution is 2.30. The van der Waals surface area contributed by atoms with Gasteiger partial charge >= 0.3 is 0 Å². The van der Waals surface area contributed by atoms with Gasteiger partial charge in [-0.1, -0.05) is 19.9 Å². The molecule has 94 valence electrons. The predicted octanol–water partition coefficient (Wildman–Crippen LogP) is 4.05. The van der Waals surface area contributed by atoms with E-state index in [9.17, 15) is 4.39 Å². The molecule has 1 aromatic carbocycles. The molecular formula is C14H19ClFN. The average Bonchev–Trinajstić information content (AvgIpc) is 2.27. The van der Waals surface area contributed by atoms with Crippen molar-refractivity contribution in [2.24, 2.45) is 11.8 Å². The summed E-state index contributed by atoms with van der Waals surface area (Å²) in [5.74, 6) is 1.36. The van der Waals surface area contributed by atoms with Crippen molar-refractivity contribution in [1.82, 2.24) is 0 Å². The summed E-state index contributed by atoms with van der Waals surface area (Å²) < 4.78 is 13.7. The van der Waals surface area contributed by atoms with Gasteiger partial charge in [0.15, 0.2) is 0 Å². The van der Waals surface area contributed by atoms with Gasteiger partial charge in [0.1, 0.15) is 5.82 Å². The zero-order valence-corrected chi connectivity index (χ0v) is 11.2. The number of hydrogen-bond acceptors (Lipinski definition) is 1. The molecule has 1 fully saturated rings. The Morgan fingerprint density at radius 2 is 1.94 bits per heavy atom. The van der Waals surface area contributed by atoms with E-state index in [-0.39, 0.29) is 11.7 Å². The summed E-state index contributed by atoms with van der Waals surface area (Å²) >= 11 is 5.86. The average molecular weight is 256 g/mol. The lowest BCUT2D eigenvalue weighted by Gasteiger charge is -2.37. The van der Waals surface area contributed by atoms with Gasteiger partial charge in [-0.25, -0.2) is 4.39 Å². The van der Waals surface area contributed by atoms with Crippen LogP contribution < -0.4 is 4.90 Å². The number of hydrogen-bond donors (Lipinski definition) is 0. The quantitative estimate of drug-likeness (QED) is 0.721. The van der Waals surface area contributed by atoms with Crippen molar-refractivity contribution in [3.63, 3.8) is 0 Å². The minimum Gasteiger partial charge on any atom is -0.371 e. The van der Waals surface area contributed by atoms with Crippen LogP contribution in [0.5, 0.6) is 0 Å².